The van der Waals surface area contributed by atoms with Crippen LogP contribution >= 0.6 is 0 Å². The summed E-state index contributed by atoms with van der Waals surface area (Å²) in [7, 11) is -2.12. The number of hydrogen-bond acceptors (Lipinski definition) is 3. The fraction of sp³-hybridized carbons (Fsp3) is 0.600. The van der Waals surface area contributed by atoms with E-state index in [0.717, 1.165) is 22.6 Å². The highest BCUT2D eigenvalue weighted by Gasteiger charge is 2.48. The lowest BCUT2D eigenvalue weighted by Crippen LogP contribution is -2.47. The molecule has 0 fully saturated rings. The Morgan fingerprint density at radius 1 is 1.07 bits per heavy atom. The topological polar surface area (TPSA) is 38.7 Å². The number of allylic oxidation sites excluding steroid dienone is 2. The molecular weight excluding hydrogens is 376 g/mol. The fourth-order valence-electron chi connectivity index (χ4n) is 4.70. The predicted octanol–water partition coefficient (Wildman–Crippen LogP) is 7.60. The average Bonchev–Trinajstić information content (AvgIpc) is 2.56. The van der Waals surface area contributed by atoms with Crippen molar-refractivity contribution in [1.29, 1.82) is 0 Å². The Balaban J connectivity index is 2.58. The Labute approximate surface area is 179 Å². The summed E-state index contributed by atoms with van der Waals surface area (Å²) in [5, 5.41) is 10.7. The second kappa shape index (κ2) is 8.59. The van der Waals surface area contributed by atoms with E-state index in [1.807, 2.05) is 12.1 Å². The molecule has 29 heavy (non-hydrogen) atoms. The summed E-state index contributed by atoms with van der Waals surface area (Å²) < 4.78 is 13.3. The van der Waals surface area contributed by atoms with E-state index in [1.54, 1.807) is 0 Å². The molecule has 0 spiro atoms. The molecule has 0 amide bonds. The Kier molecular flexibility index (Phi) is 6.99. The van der Waals surface area contributed by atoms with Crippen LogP contribution in [0.4, 0.5) is 0 Å². The predicted molar refractivity (Wildman–Crippen MR) is 126 cm³/mol. The van der Waals surface area contributed by atoms with Crippen molar-refractivity contribution in [3.05, 3.63) is 41.0 Å². The molecule has 1 aromatic carbocycles. The number of benzene rings is 1. The standard InChI is InChI=1S/C25H40O3Si/c1-16(2)11-12-20-13-23-21(14-22(20)26)24(15-25(9,10)27-23)28-29(17(3)4,18(5)6)19(7)8/h11,13-15,17-19,26H,12H2,1-10H3. The normalized spacial score (nSPS) is 15.8. The molecule has 0 aromatic heterocycles. The van der Waals surface area contributed by atoms with Crippen LogP contribution in [-0.2, 0) is 10.8 Å². The minimum absolute atomic E-state index is 0.296. The van der Waals surface area contributed by atoms with Crippen LogP contribution in [0.1, 0.15) is 80.4 Å². The molecule has 162 valence electrons. The molecule has 1 aromatic rings. The Morgan fingerprint density at radius 2 is 1.62 bits per heavy atom. The van der Waals surface area contributed by atoms with Crippen LogP contribution in [0.3, 0.4) is 0 Å². The van der Waals surface area contributed by atoms with E-state index in [1.165, 1.54) is 5.57 Å². The third-order valence-electron chi connectivity index (χ3n) is 6.02. The molecular formula is C25H40O3Si. The Bertz CT molecular complexity index is 775. The van der Waals surface area contributed by atoms with Gasteiger partial charge in [0.05, 0.1) is 5.56 Å². The quantitative estimate of drug-likeness (QED) is 0.367. The van der Waals surface area contributed by atoms with Crippen molar-refractivity contribution in [3.8, 4) is 11.5 Å². The van der Waals surface area contributed by atoms with Crippen molar-refractivity contribution in [2.24, 2.45) is 0 Å². The van der Waals surface area contributed by atoms with Crippen LogP contribution in [0.5, 0.6) is 11.5 Å². The molecule has 1 aliphatic rings. The molecule has 0 bridgehead atoms. The van der Waals surface area contributed by atoms with Crippen LogP contribution in [-0.4, -0.2) is 19.0 Å². The summed E-state index contributed by atoms with van der Waals surface area (Å²) in [5.41, 5.74) is 3.94. The van der Waals surface area contributed by atoms with Gasteiger partial charge in [0, 0.05) is 5.56 Å². The van der Waals surface area contributed by atoms with Gasteiger partial charge in [-0.3, -0.25) is 0 Å². The van der Waals surface area contributed by atoms with Crippen molar-refractivity contribution in [3.63, 3.8) is 0 Å². The summed E-state index contributed by atoms with van der Waals surface area (Å²) in [6, 6.07) is 3.80. The number of rotatable bonds is 7. The lowest BCUT2D eigenvalue weighted by molar-refractivity contribution is 0.153. The van der Waals surface area contributed by atoms with Crippen LogP contribution in [0.2, 0.25) is 16.6 Å². The maximum Gasteiger partial charge on any atom is 0.258 e. The van der Waals surface area contributed by atoms with Crippen LogP contribution in [0, 0.1) is 0 Å². The van der Waals surface area contributed by atoms with Gasteiger partial charge in [0.2, 0.25) is 0 Å². The summed E-state index contributed by atoms with van der Waals surface area (Å²) >= 11 is 0. The van der Waals surface area contributed by atoms with E-state index in [2.05, 4.69) is 81.4 Å². The van der Waals surface area contributed by atoms with E-state index in [9.17, 15) is 5.11 Å². The van der Waals surface area contributed by atoms with Crippen molar-refractivity contribution in [1.82, 2.24) is 0 Å². The molecule has 0 unspecified atom stereocenters. The van der Waals surface area contributed by atoms with Crippen LogP contribution in [0.25, 0.3) is 5.76 Å². The van der Waals surface area contributed by atoms with Crippen molar-refractivity contribution in [2.45, 2.75) is 97.9 Å². The van der Waals surface area contributed by atoms with E-state index < -0.39 is 13.9 Å². The minimum atomic E-state index is -2.12. The Hall–Kier alpha value is -1.68. The van der Waals surface area contributed by atoms with Gasteiger partial charge in [0.25, 0.3) is 8.32 Å². The number of hydrogen-bond donors (Lipinski definition) is 1. The zero-order valence-electron chi connectivity index (χ0n) is 20.0. The maximum atomic E-state index is 10.7. The maximum absolute atomic E-state index is 10.7. The minimum Gasteiger partial charge on any atom is -0.542 e. The first kappa shape index (κ1) is 23.6. The molecule has 0 saturated carbocycles. The van der Waals surface area contributed by atoms with Gasteiger partial charge in [-0.25, -0.2) is 0 Å². The molecule has 0 aliphatic carbocycles. The second-order valence-corrected chi connectivity index (χ2v) is 15.5. The molecule has 0 saturated heterocycles. The third kappa shape index (κ3) is 4.91. The number of ether oxygens (including phenoxy) is 1. The second-order valence-electron chi connectivity index (χ2n) is 10.1. The molecule has 0 radical (unpaired) electrons. The molecule has 1 N–H and O–H groups in total. The van der Waals surface area contributed by atoms with Crippen molar-refractivity contribution < 1.29 is 14.3 Å². The first-order valence-electron chi connectivity index (χ1n) is 10.9. The zero-order chi connectivity index (χ0) is 22.1. The molecule has 4 heteroatoms. The highest BCUT2D eigenvalue weighted by atomic mass is 28.4. The Morgan fingerprint density at radius 3 is 2.10 bits per heavy atom. The van der Waals surface area contributed by atoms with E-state index >= 15 is 0 Å². The monoisotopic (exact) mass is 416 g/mol. The highest BCUT2D eigenvalue weighted by Crippen LogP contribution is 2.48. The van der Waals surface area contributed by atoms with Gasteiger partial charge in [-0.1, -0.05) is 53.2 Å². The lowest BCUT2D eigenvalue weighted by atomic mass is 9.98. The lowest BCUT2D eigenvalue weighted by Gasteiger charge is -2.44. The van der Waals surface area contributed by atoms with E-state index in [0.29, 0.717) is 28.8 Å². The summed E-state index contributed by atoms with van der Waals surface area (Å²) in [4.78, 5) is 0. The summed E-state index contributed by atoms with van der Waals surface area (Å²) in [6.45, 7) is 22.0. The van der Waals surface area contributed by atoms with Gasteiger partial charge in [-0.05, 0) is 68.9 Å². The third-order valence-corrected chi connectivity index (χ3v) is 12.0. The zero-order valence-corrected chi connectivity index (χ0v) is 21.0. The van der Waals surface area contributed by atoms with Gasteiger partial charge < -0.3 is 14.3 Å². The summed E-state index contributed by atoms with van der Waals surface area (Å²) in [5.74, 6) is 1.95. The number of fused-ring (bicyclic) bond motifs is 1. The fourth-order valence-corrected chi connectivity index (χ4v) is 9.96. The average molecular weight is 417 g/mol. The van der Waals surface area contributed by atoms with Crippen LogP contribution in [0.15, 0.2) is 29.9 Å². The SMILES string of the molecule is CC(C)=CCc1cc2c(cc1O)C(O[Si](C(C)C)(C(C)C)C(C)C)=CC(C)(C)O2. The first-order chi connectivity index (χ1) is 13.3. The van der Waals surface area contributed by atoms with Crippen LogP contribution < -0.4 is 4.74 Å². The molecule has 3 nitrogen and oxygen atoms in total. The number of aromatic hydroxyl groups is 1. The first-order valence-corrected chi connectivity index (χ1v) is 13.0. The summed E-state index contributed by atoms with van der Waals surface area (Å²) in [6.07, 6.45) is 4.89. The molecule has 1 aliphatic heterocycles. The molecule has 2 rings (SSSR count). The van der Waals surface area contributed by atoms with Gasteiger partial charge in [0.15, 0.2) is 0 Å². The van der Waals surface area contributed by atoms with E-state index in [4.69, 9.17) is 9.16 Å². The highest BCUT2D eigenvalue weighted by molar-refractivity contribution is 6.78. The molecule has 1 heterocycles. The van der Waals surface area contributed by atoms with Crippen molar-refractivity contribution >= 4 is 14.1 Å². The van der Waals surface area contributed by atoms with E-state index in [-0.39, 0.29) is 0 Å². The smallest absolute Gasteiger partial charge is 0.258 e. The van der Waals surface area contributed by atoms with Crippen molar-refractivity contribution in [2.75, 3.05) is 0 Å². The van der Waals surface area contributed by atoms with Gasteiger partial charge >= 0.3 is 0 Å². The number of phenols is 1. The number of phenolic OH excluding ortho intramolecular Hbond substituents is 1. The van der Waals surface area contributed by atoms with Gasteiger partial charge in [-0.2, -0.15) is 0 Å². The largest absolute Gasteiger partial charge is 0.542 e. The molecule has 0 atom stereocenters. The van der Waals surface area contributed by atoms with Gasteiger partial charge in [0.1, 0.15) is 22.9 Å². The van der Waals surface area contributed by atoms with Gasteiger partial charge in [-0.15, -0.1) is 0 Å².